The van der Waals surface area contributed by atoms with Crippen LogP contribution in [-0.2, 0) is 10.0 Å². The maximum absolute atomic E-state index is 12.5. The molecule has 0 saturated carbocycles. The number of rotatable bonds is 3. The molecule has 0 bridgehead atoms. The van der Waals surface area contributed by atoms with E-state index in [-0.39, 0.29) is 4.90 Å². The third kappa shape index (κ3) is 2.58. The zero-order valence-electron chi connectivity index (χ0n) is 12.2. The lowest BCUT2D eigenvalue weighted by molar-refractivity contribution is 0.171. The molecule has 0 aliphatic carbocycles. The summed E-state index contributed by atoms with van der Waals surface area (Å²) >= 11 is 0. The van der Waals surface area contributed by atoms with Gasteiger partial charge in [0.05, 0.1) is 16.1 Å². The van der Waals surface area contributed by atoms with Gasteiger partial charge in [0.25, 0.3) is 10.0 Å². The van der Waals surface area contributed by atoms with Crippen molar-refractivity contribution < 1.29 is 22.3 Å². The van der Waals surface area contributed by atoms with Crippen molar-refractivity contribution in [3.63, 3.8) is 0 Å². The summed E-state index contributed by atoms with van der Waals surface area (Å²) in [7, 11) is -3.83. The Labute approximate surface area is 136 Å². The zero-order chi connectivity index (χ0) is 16.7. The third-order valence-corrected chi connectivity index (χ3v) is 4.87. The first-order valence-corrected chi connectivity index (χ1v) is 8.55. The van der Waals surface area contributed by atoms with Crippen molar-refractivity contribution in [2.24, 2.45) is 0 Å². The molecule has 0 spiro atoms. The first kappa shape index (κ1) is 14.6. The molecule has 8 nitrogen and oxygen atoms in total. The van der Waals surface area contributed by atoms with Gasteiger partial charge in [-0.15, -0.1) is 0 Å². The summed E-state index contributed by atoms with van der Waals surface area (Å²) in [4.78, 5) is 13.6. The van der Waals surface area contributed by atoms with Gasteiger partial charge in [0, 0.05) is 6.07 Å². The number of hydrogen-bond acceptors (Lipinski definition) is 6. The maximum Gasteiger partial charge on any atom is 0.417 e. The van der Waals surface area contributed by atoms with Gasteiger partial charge in [-0.25, -0.2) is 13.2 Å². The number of H-pyrrole nitrogens is 1. The fourth-order valence-electron chi connectivity index (χ4n) is 2.42. The van der Waals surface area contributed by atoms with Gasteiger partial charge in [-0.05, 0) is 30.3 Å². The van der Waals surface area contributed by atoms with Crippen molar-refractivity contribution in [2.75, 3.05) is 17.9 Å². The fraction of sp³-hybridized carbons (Fsp3) is 0.133. The molecule has 9 heteroatoms. The molecule has 2 N–H and O–H groups in total. The lowest BCUT2D eigenvalue weighted by atomic mass is 10.3. The predicted octanol–water partition coefficient (Wildman–Crippen LogP) is 1.69. The molecule has 2 aromatic carbocycles. The molecule has 1 aromatic heterocycles. The molecular formula is C15H12N2O6S. The summed E-state index contributed by atoms with van der Waals surface area (Å²) < 4.78 is 43.2. The Kier molecular flexibility index (Phi) is 3.24. The second-order valence-electron chi connectivity index (χ2n) is 5.14. The molecular weight excluding hydrogens is 336 g/mol. The molecule has 4 rings (SSSR count). The van der Waals surface area contributed by atoms with Crippen LogP contribution in [0.25, 0.3) is 11.1 Å². The van der Waals surface area contributed by atoms with E-state index in [1.165, 1.54) is 18.2 Å². The van der Waals surface area contributed by atoms with Crippen LogP contribution in [0.1, 0.15) is 0 Å². The van der Waals surface area contributed by atoms with E-state index in [2.05, 4.69) is 9.71 Å². The number of hydrogen-bond donors (Lipinski definition) is 2. The average Bonchev–Trinajstić information content (AvgIpc) is 2.93. The van der Waals surface area contributed by atoms with Gasteiger partial charge >= 0.3 is 5.76 Å². The minimum Gasteiger partial charge on any atom is -0.486 e. The van der Waals surface area contributed by atoms with Crippen molar-refractivity contribution in [3.05, 3.63) is 46.9 Å². The summed E-state index contributed by atoms with van der Waals surface area (Å²) in [6, 6.07) is 8.91. The van der Waals surface area contributed by atoms with Gasteiger partial charge in [-0.1, -0.05) is 0 Å². The molecule has 124 valence electrons. The molecule has 1 aliphatic heterocycles. The molecule has 0 saturated heterocycles. The Morgan fingerprint density at radius 2 is 1.79 bits per heavy atom. The molecule has 3 aromatic rings. The standard InChI is InChI=1S/C15H12N2O6S/c18-15-16-11-8-10(2-4-12(11)23-15)24(19,20)17-9-1-3-13-14(7-9)22-6-5-21-13/h1-4,7-8,17H,5-6H2,(H,16,18). The van der Waals surface area contributed by atoms with E-state index in [1.807, 2.05) is 0 Å². The van der Waals surface area contributed by atoms with Crippen molar-refractivity contribution >= 4 is 26.8 Å². The maximum atomic E-state index is 12.5. The Morgan fingerprint density at radius 3 is 2.62 bits per heavy atom. The monoisotopic (exact) mass is 348 g/mol. The van der Waals surface area contributed by atoms with E-state index in [0.29, 0.717) is 41.5 Å². The smallest absolute Gasteiger partial charge is 0.417 e. The molecule has 24 heavy (non-hydrogen) atoms. The number of fused-ring (bicyclic) bond motifs is 2. The number of sulfonamides is 1. The Hall–Kier alpha value is -2.94. The first-order valence-electron chi connectivity index (χ1n) is 7.07. The van der Waals surface area contributed by atoms with E-state index in [4.69, 9.17) is 13.9 Å². The van der Waals surface area contributed by atoms with Gasteiger partial charge < -0.3 is 13.9 Å². The van der Waals surface area contributed by atoms with E-state index in [1.54, 1.807) is 18.2 Å². The second-order valence-corrected chi connectivity index (χ2v) is 6.82. The number of oxazole rings is 1. The number of nitrogens with one attached hydrogen (secondary N) is 2. The van der Waals surface area contributed by atoms with Crippen molar-refractivity contribution in [1.29, 1.82) is 0 Å². The molecule has 0 radical (unpaired) electrons. The van der Waals surface area contributed by atoms with E-state index in [9.17, 15) is 13.2 Å². The molecule has 0 amide bonds. The van der Waals surface area contributed by atoms with Crippen LogP contribution in [-0.4, -0.2) is 26.6 Å². The highest BCUT2D eigenvalue weighted by molar-refractivity contribution is 7.92. The highest BCUT2D eigenvalue weighted by Gasteiger charge is 2.18. The topological polar surface area (TPSA) is 111 Å². The molecule has 1 aliphatic rings. The second kappa shape index (κ2) is 5.31. The zero-order valence-corrected chi connectivity index (χ0v) is 13.1. The number of aromatic nitrogens is 1. The van der Waals surface area contributed by atoms with Gasteiger partial charge in [0.1, 0.15) is 13.2 Å². The SMILES string of the molecule is O=c1[nH]c2cc(S(=O)(=O)Nc3ccc4c(c3)OCCO4)ccc2o1. The Balaban J connectivity index is 1.67. The summed E-state index contributed by atoms with van der Waals surface area (Å²) in [5, 5.41) is 0. The number of aromatic amines is 1. The number of benzene rings is 2. The summed E-state index contributed by atoms with van der Waals surface area (Å²) in [6.45, 7) is 0.870. The first-order chi connectivity index (χ1) is 11.5. The lowest BCUT2D eigenvalue weighted by Crippen LogP contribution is -2.16. The summed E-state index contributed by atoms with van der Waals surface area (Å²) in [5.41, 5.74) is 0.948. The molecule has 2 heterocycles. The van der Waals surface area contributed by atoms with Crippen molar-refractivity contribution in [3.8, 4) is 11.5 Å². The Bertz CT molecular complexity index is 1080. The summed E-state index contributed by atoms with van der Waals surface area (Å²) in [5.74, 6) is 0.414. The van der Waals surface area contributed by atoms with Gasteiger partial charge in [-0.3, -0.25) is 9.71 Å². The van der Waals surface area contributed by atoms with Gasteiger partial charge in [0.2, 0.25) is 0 Å². The van der Waals surface area contributed by atoms with Crippen LogP contribution in [0.2, 0.25) is 0 Å². The van der Waals surface area contributed by atoms with Crippen LogP contribution in [0.15, 0.2) is 50.5 Å². The van der Waals surface area contributed by atoms with Crippen LogP contribution in [0.5, 0.6) is 11.5 Å². The quantitative estimate of drug-likeness (QED) is 0.745. The van der Waals surface area contributed by atoms with Crippen LogP contribution in [0, 0.1) is 0 Å². The largest absolute Gasteiger partial charge is 0.486 e. The van der Waals surface area contributed by atoms with Crippen molar-refractivity contribution in [1.82, 2.24) is 4.98 Å². The van der Waals surface area contributed by atoms with Crippen molar-refractivity contribution in [2.45, 2.75) is 4.90 Å². The third-order valence-electron chi connectivity index (χ3n) is 3.50. The summed E-state index contributed by atoms with van der Waals surface area (Å²) in [6.07, 6.45) is 0. The van der Waals surface area contributed by atoms with Crippen LogP contribution in [0.4, 0.5) is 5.69 Å². The highest BCUT2D eigenvalue weighted by Crippen LogP contribution is 2.33. The van der Waals surface area contributed by atoms with E-state index >= 15 is 0 Å². The van der Waals surface area contributed by atoms with Gasteiger partial charge in [0.15, 0.2) is 17.1 Å². The minimum absolute atomic E-state index is 0.00180. The van der Waals surface area contributed by atoms with E-state index in [0.717, 1.165) is 0 Å². The lowest BCUT2D eigenvalue weighted by Gasteiger charge is -2.19. The minimum atomic E-state index is -3.83. The molecule has 0 atom stereocenters. The highest BCUT2D eigenvalue weighted by atomic mass is 32.2. The molecule has 0 unspecified atom stereocenters. The number of ether oxygens (including phenoxy) is 2. The van der Waals surface area contributed by atoms with Crippen LogP contribution >= 0.6 is 0 Å². The normalized spacial score (nSPS) is 13.8. The fourth-order valence-corrected chi connectivity index (χ4v) is 3.49. The predicted molar refractivity (Wildman–Crippen MR) is 85.1 cm³/mol. The average molecular weight is 348 g/mol. The van der Waals surface area contributed by atoms with E-state index < -0.39 is 15.8 Å². The number of anilines is 1. The molecule has 0 fully saturated rings. The van der Waals surface area contributed by atoms with Crippen LogP contribution < -0.4 is 20.0 Å². The van der Waals surface area contributed by atoms with Crippen LogP contribution in [0.3, 0.4) is 0 Å². The van der Waals surface area contributed by atoms with Gasteiger partial charge in [-0.2, -0.15) is 0 Å². The Morgan fingerprint density at radius 1 is 1.00 bits per heavy atom.